The molecule has 0 saturated heterocycles. The van der Waals surface area contributed by atoms with Gasteiger partial charge in [-0.1, -0.05) is 41.7 Å². The molecule has 0 aliphatic rings. The zero-order valence-corrected chi connectivity index (χ0v) is 13.2. The average molecular weight is 315 g/mol. The molecular formula is C15H13N3OS2. The Kier molecular flexibility index (Phi) is 3.81. The fourth-order valence-corrected chi connectivity index (χ4v) is 3.66. The van der Waals surface area contributed by atoms with Crippen molar-refractivity contribution in [1.82, 2.24) is 10.2 Å². The minimum absolute atomic E-state index is 0.132. The summed E-state index contributed by atoms with van der Waals surface area (Å²) in [4.78, 5) is 14.4. The number of aromatic nitrogens is 2. The Morgan fingerprint density at radius 3 is 2.52 bits per heavy atom. The number of nitrogens with zero attached hydrogens (tertiary/aromatic N) is 2. The summed E-state index contributed by atoms with van der Waals surface area (Å²) in [5.41, 5.74) is 1.70. The summed E-state index contributed by atoms with van der Waals surface area (Å²) >= 11 is 2.99. The number of aryl methyl sites for hydroxylation is 2. The van der Waals surface area contributed by atoms with Crippen LogP contribution in [0.2, 0.25) is 0 Å². The van der Waals surface area contributed by atoms with Gasteiger partial charge in [0.15, 0.2) is 0 Å². The van der Waals surface area contributed by atoms with Gasteiger partial charge in [0.25, 0.3) is 5.91 Å². The van der Waals surface area contributed by atoms with Crippen LogP contribution in [0.4, 0.5) is 5.13 Å². The van der Waals surface area contributed by atoms with Crippen LogP contribution in [0.25, 0.3) is 10.6 Å². The van der Waals surface area contributed by atoms with Gasteiger partial charge in [0.05, 0.1) is 5.56 Å². The molecular weight excluding hydrogens is 302 g/mol. The normalized spacial score (nSPS) is 10.6. The van der Waals surface area contributed by atoms with E-state index in [1.54, 1.807) is 11.3 Å². The Morgan fingerprint density at radius 2 is 1.86 bits per heavy atom. The number of carbonyl (C=O) groups is 1. The minimum atomic E-state index is -0.132. The summed E-state index contributed by atoms with van der Waals surface area (Å²) in [6.07, 6.45) is 0. The number of benzene rings is 1. The van der Waals surface area contributed by atoms with Crippen molar-refractivity contribution in [2.75, 3.05) is 5.32 Å². The predicted molar refractivity (Wildman–Crippen MR) is 87.1 cm³/mol. The van der Waals surface area contributed by atoms with Gasteiger partial charge in [-0.3, -0.25) is 10.1 Å². The Balaban J connectivity index is 1.79. The van der Waals surface area contributed by atoms with Crippen molar-refractivity contribution in [1.29, 1.82) is 0 Å². The van der Waals surface area contributed by atoms with Crippen molar-refractivity contribution in [2.24, 2.45) is 0 Å². The zero-order chi connectivity index (χ0) is 14.8. The summed E-state index contributed by atoms with van der Waals surface area (Å²) in [5, 5.41) is 12.3. The molecule has 0 spiro atoms. The molecule has 3 aromatic rings. The van der Waals surface area contributed by atoms with Crippen LogP contribution in [0.1, 0.15) is 20.1 Å². The van der Waals surface area contributed by atoms with Gasteiger partial charge < -0.3 is 0 Å². The Labute approximate surface area is 130 Å². The fourth-order valence-electron chi connectivity index (χ4n) is 1.99. The molecule has 0 bridgehead atoms. The molecule has 0 aliphatic carbocycles. The van der Waals surface area contributed by atoms with E-state index >= 15 is 0 Å². The lowest BCUT2D eigenvalue weighted by Gasteiger charge is -1.99. The standard InChI is InChI=1S/C15H13N3OS2/c1-9-8-12(10(2)20-9)13(19)16-15-18-17-14(21-15)11-6-4-3-5-7-11/h3-8H,1-2H3,(H,16,18,19). The number of hydrogen-bond donors (Lipinski definition) is 1. The molecule has 0 aliphatic heterocycles. The van der Waals surface area contributed by atoms with Crippen molar-refractivity contribution in [3.8, 4) is 10.6 Å². The molecule has 0 saturated carbocycles. The molecule has 106 valence electrons. The molecule has 0 fully saturated rings. The van der Waals surface area contributed by atoms with Gasteiger partial charge in [-0.15, -0.1) is 21.5 Å². The van der Waals surface area contributed by atoms with Crippen LogP contribution in [-0.2, 0) is 0 Å². The maximum absolute atomic E-state index is 12.2. The van der Waals surface area contributed by atoms with Crippen LogP contribution in [0.5, 0.6) is 0 Å². The molecule has 0 unspecified atom stereocenters. The second-order valence-electron chi connectivity index (χ2n) is 4.56. The summed E-state index contributed by atoms with van der Waals surface area (Å²) < 4.78 is 0. The first-order valence-electron chi connectivity index (χ1n) is 6.41. The van der Waals surface area contributed by atoms with Crippen LogP contribution >= 0.6 is 22.7 Å². The lowest BCUT2D eigenvalue weighted by atomic mass is 10.2. The highest BCUT2D eigenvalue weighted by Crippen LogP contribution is 2.27. The molecule has 1 amide bonds. The van der Waals surface area contributed by atoms with E-state index in [4.69, 9.17) is 0 Å². The fraction of sp³-hybridized carbons (Fsp3) is 0.133. The SMILES string of the molecule is Cc1cc(C(=O)Nc2nnc(-c3ccccc3)s2)c(C)s1. The predicted octanol–water partition coefficient (Wildman–Crippen LogP) is 4.14. The van der Waals surface area contributed by atoms with Gasteiger partial charge in [-0.05, 0) is 19.9 Å². The maximum atomic E-state index is 12.2. The lowest BCUT2D eigenvalue weighted by Crippen LogP contribution is -2.11. The van der Waals surface area contributed by atoms with Crippen LogP contribution in [-0.4, -0.2) is 16.1 Å². The molecule has 6 heteroatoms. The Morgan fingerprint density at radius 1 is 1.10 bits per heavy atom. The van der Waals surface area contributed by atoms with E-state index in [-0.39, 0.29) is 5.91 Å². The van der Waals surface area contributed by atoms with E-state index < -0.39 is 0 Å². The first-order chi connectivity index (χ1) is 10.1. The lowest BCUT2D eigenvalue weighted by molar-refractivity contribution is 0.102. The van der Waals surface area contributed by atoms with E-state index in [1.807, 2.05) is 50.2 Å². The second kappa shape index (κ2) is 5.75. The topological polar surface area (TPSA) is 54.9 Å². The number of anilines is 1. The van der Waals surface area contributed by atoms with Gasteiger partial charge in [-0.2, -0.15) is 0 Å². The average Bonchev–Trinajstić information content (AvgIpc) is 3.06. The van der Waals surface area contributed by atoms with Gasteiger partial charge >= 0.3 is 0 Å². The molecule has 1 N–H and O–H groups in total. The van der Waals surface area contributed by atoms with Crippen molar-refractivity contribution >= 4 is 33.7 Å². The van der Waals surface area contributed by atoms with Crippen LogP contribution < -0.4 is 5.32 Å². The quantitative estimate of drug-likeness (QED) is 0.790. The highest BCUT2D eigenvalue weighted by Gasteiger charge is 2.14. The summed E-state index contributed by atoms with van der Waals surface area (Å²) in [6, 6.07) is 11.7. The number of hydrogen-bond acceptors (Lipinski definition) is 5. The molecule has 4 nitrogen and oxygen atoms in total. The third-order valence-electron chi connectivity index (χ3n) is 2.95. The van der Waals surface area contributed by atoms with E-state index in [1.165, 1.54) is 11.3 Å². The van der Waals surface area contributed by atoms with Crippen molar-refractivity contribution in [3.05, 3.63) is 51.7 Å². The van der Waals surface area contributed by atoms with Gasteiger partial charge in [0, 0.05) is 15.3 Å². The summed E-state index contributed by atoms with van der Waals surface area (Å²) in [7, 11) is 0. The highest BCUT2D eigenvalue weighted by molar-refractivity contribution is 7.18. The first kappa shape index (κ1) is 13.9. The summed E-state index contributed by atoms with van der Waals surface area (Å²) in [5.74, 6) is -0.132. The first-order valence-corrected chi connectivity index (χ1v) is 8.04. The van der Waals surface area contributed by atoms with Gasteiger partial charge in [0.2, 0.25) is 5.13 Å². The smallest absolute Gasteiger partial charge is 0.258 e. The molecule has 2 heterocycles. The number of amides is 1. The van der Waals surface area contributed by atoms with Crippen molar-refractivity contribution in [3.63, 3.8) is 0 Å². The van der Waals surface area contributed by atoms with Crippen molar-refractivity contribution in [2.45, 2.75) is 13.8 Å². The van der Waals surface area contributed by atoms with Gasteiger partial charge in [0.1, 0.15) is 5.01 Å². The monoisotopic (exact) mass is 315 g/mol. The zero-order valence-electron chi connectivity index (χ0n) is 11.6. The maximum Gasteiger partial charge on any atom is 0.258 e. The van der Waals surface area contributed by atoms with E-state index in [0.717, 1.165) is 20.3 Å². The van der Waals surface area contributed by atoms with E-state index in [0.29, 0.717) is 10.7 Å². The molecule has 3 rings (SSSR count). The number of nitrogens with one attached hydrogen (secondary N) is 1. The Hall–Kier alpha value is -2.05. The van der Waals surface area contributed by atoms with Crippen LogP contribution in [0.3, 0.4) is 0 Å². The second-order valence-corrected chi connectivity index (χ2v) is 7.00. The molecule has 0 radical (unpaired) electrons. The minimum Gasteiger partial charge on any atom is -0.296 e. The van der Waals surface area contributed by atoms with E-state index in [2.05, 4.69) is 15.5 Å². The molecule has 0 atom stereocenters. The third kappa shape index (κ3) is 3.01. The molecule has 2 aromatic heterocycles. The van der Waals surface area contributed by atoms with E-state index in [9.17, 15) is 4.79 Å². The third-order valence-corrected chi connectivity index (χ3v) is 4.81. The van der Waals surface area contributed by atoms with Crippen LogP contribution in [0, 0.1) is 13.8 Å². The van der Waals surface area contributed by atoms with Crippen molar-refractivity contribution < 1.29 is 4.79 Å². The highest BCUT2D eigenvalue weighted by atomic mass is 32.1. The summed E-state index contributed by atoms with van der Waals surface area (Å²) in [6.45, 7) is 3.94. The van der Waals surface area contributed by atoms with Crippen LogP contribution in [0.15, 0.2) is 36.4 Å². The number of rotatable bonds is 3. The largest absolute Gasteiger partial charge is 0.296 e. The molecule has 1 aromatic carbocycles. The molecule has 21 heavy (non-hydrogen) atoms. The van der Waals surface area contributed by atoms with Gasteiger partial charge in [-0.25, -0.2) is 0 Å². The number of carbonyl (C=O) groups excluding carboxylic acids is 1. The number of thiophene rings is 1. The Bertz CT molecular complexity index is 777.